The summed E-state index contributed by atoms with van der Waals surface area (Å²) in [5.41, 5.74) is 0.200. The molecule has 0 aliphatic heterocycles. The molecule has 0 bridgehead atoms. The zero-order valence-electron chi connectivity index (χ0n) is 13.1. The first-order chi connectivity index (χ1) is 10.4. The van der Waals surface area contributed by atoms with Crippen LogP contribution in [0.3, 0.4) is 0 Å². The summed E-state index contributed by atoms with van der Waals surface area (Å²) in [6.07, 6.45) is 3.67. The van der Waals surface area contributed by atoms with Crippen LogP contribution in [-0.4, -0.2) is 22.5 Å². The van der Waals surface area contributed by atoms with Crippen molar-refractivity contribution in [1.82, 2.24) is 5.32 Å². The van der Waals surface area contributed by atoms with Crippen molar-refractivity contribution in [3.05, 3.63) is 21.9 Å². The number of amides is 1. The highest BCUT2D eigenvalue weighted by Crippen LogP contribution is 2.50. The van der Waals surface area contributed by atoms with Gasteiger partial charge >= 0.3 is 5.97 Å². The Morgan fingerprint density at radius 2 is 2.05 bits per heavy atom. The number of rotatable bonds is 4. The van der Waals surface area contributed by atoms with E-state index in [1.165, 1.54) is 10.4 Å². The number of carbonyl (C=O) groups excluding carboxylic acids is 1. The van der Waals surface area contributed by atoms with Crippen molar-refractivity contribution in [2.75, 3.05) is 0 Å². The zero-order valence-corrected chi connectivity index (χ0v) is 13.9. The van der Waals surface area contributed by atoms with Crippen LogP contribution in [0.1, 0.15) is 55.4 Å². The van der Waals surface area contributed by atoms with Crippen molar-refractivity contribution in [3.63, 3.8) is 0 Å². The molecule has 120 valence electrons. The third-order valence-electron chi connectivity index (χ3n) is 5.27. The summed E-state index contributed by atoms with van der Waals surface area (Å²) in [6, 6.07) is 2.08. The summed E-state index contributed by atoms with van der Waals surface area (Å²) in [7, 11) is 0. The number of carbonyl (C=O) groups is 2. The summed E-state index contributed by atoms with van der Waals surface area (Å²) >= 11 is 1.70. The molecule has 22 heavy (non-hydrogen) atoms. The van der Waals surface area contributed by atoms with E-state index in [1.54, 1.807) is 11.3 Å². The van der Waals surface area contributed by atoms with Gasteiger partial charge < -0.3 is 10.4 Å². The number of carboxylic acids is 1. The predicted octanol–water partition coefficient (Wildman–Crippen LogP) is 3.31. The molecule has 2 fully saturated rings. The molecule has 4 nitrogen and oxygen atoms in total. The van der Waals surface area contributed by atoms with E-state index in [0.717, 1.165) is 19.3 Å². The summed E-state index contributed by atoms with van der Waals surface area (Å²) in [6.45, 7) is 4.21. The largest absolute Gasteiger partial charge is 0.480 e. The Balaban J connectivity index is 1.66. The van der Waals surface area contributed by atoms with Crippen LogP contribution in [0.25, 0.3) is 0 Å². The lowest BCUT2D eigenvalue weighted by Gasteiger charge is -2.36. The van der Waals surface area contributed by atoms with Gasteiger partial charge in [-0.2, -0.15) is 0 Å². The van der Waals surface area contributed by atoms with Crippen molar-refractivity contribution >= 4 is 23.2 Å². The van der Waals surface area contributed by atoms with Crippen molar-refractivity contribution in [1.29, 1.82) is 0 Å². The van der Waals surface area contributed by atoms with Gasteiger partial charge in [0.15, 0.2) is 0 Å². The van der Waals surface area contributed by atoms with E-state index in [-0.39, 0.29) is 17.7 Å². The maximum absolute atomic E-state index is 12.5. The average molecular weight is 321 g/mol. The van der Waals surface area contributed by atoms with E-state index >= 15 is 0 Å². The number of aryl methyl sites for hydroxylation is 1. The molecule has 0 radical (unpaired) electrons. The molecular weight excluding hydrogens is 298 g/mol. The number of hydrogen-bond donors (Lipinski definition) is 2. The first kappa shape index (κ1) is 15.5. The predicted molar refractivity (Wildman–Crippen MR) is 86.0 cm³/mol. The summed E-state index contributed by atoms with van der Waals surface area (Å²) < 4.78 is 0. The molecule has 0 saturated heterocycles. The fraction of sp³-hybridized carbons (Fsp3) is 0.647. The Labute approximate surface area is 134 Å². The van der Waals surface area contributed by atoms with Crippen LogP contribution in [0, 0.1) is 18.8 Å². The summed E-state index contributed by atoms with van der Waals surface area (Å²) in [5.74, 6) is -0.167. The highest BCUT2D eigenvalue weighted by atomic mass is 32.1. The first-order valence-corrected chi connectivity index (χ1v) is 8.90. The van der Waals surface area contributed by atoms with E-state index in [2.05, 4.69) is 30.6 Å². The average Bonchev–Trinajstić information content (AvgIpc) is 3.16. The Bertz CT molecular complexity index is 586. The van der Waals surface area contributed by atoms with Crippen LogP contribution in [0.5, 0.6) is 0 Å². The number of carboxylic acid groups (broad SMARTS) is 1. The van der Waals surface area contributed by atoms with E-state index in [1.807, 2.05) is 0 Å². The highest BCUT2D eigenvalue weighted by Gasteiger charge is 2.49. The lowest BCUT2D eigenvalue weighted by molar-refractivity contribution is -0.150. The van der Waals surface area contributed by atoms with E-state index in [9.17, 15) is 14.7 Å². The van der Waals surface area contributed by atoms with Crippen LogP contribution >= 0.6 is 11.3 Å². The van der Waals surface area contributed by atoms with Gasteiger partial charge in [-0.25, -0.2) is 4.79 Å². The quantitative estimate of drug-likeness (QED) is 0.894. The molecule has 2 unspecified atom stereocenters. The van der Waals surface area contributed by atoms with E-state index in [4.69, 9.17) is 0 Å². The van der Waals surface area contributed by atoms with Gasteiger partial charge in [-0.15, -0.1) is 11.3 Å². The standard InChI is InChI=1S/C17H23NO3S/c1-10-3-6-17(7-4-10,16(20)21)18-15(19)13-9-12(13)14-11(2)5-8-22-14/h5,8,10,12-13H,3-4,6-7,9H2,1-2H3,(H,18,19)(H,20,21). The number of hydrogen-bond acceptors (Lipinski definition) is 3. The normalized spacial score (nSPS) is 34.2. The van der Waals surface area contributed by atoms with Gasteiger partial charge in [0.2, 0.25) is 5.91 Å². The molecule has 5 heteroatoms. The molecule has 2 aliphatic rings. The monoisotopic (exact) mass is 321 g/mol. The molecular formula is C17H23NO3S. The van der Waals surface area contributed by atoms with Gasteiger partial charge in [0.05, 0.1) is 0 Å². The second-order valence-electron chi connectivity index (χ2n) is 6.98. The van der Waals surface area contributed by atoms with E-state index < -0.39 is 11.5 Å². The minimum Gasteiger partial charge on any atom is -0.480 e. The highest BCUT2D eigenvalue weighted by molar-refractivity contribution is 7.10. The van der Waals surface area contributed by atoms with Gasteiger partial charge in [0, 0.05) is 16.7 Å². The summed E-state index contributed by atoms with van der Waals surface area (Å²) in [4.78, 5) is 25.5. The lowest BCUT2D eigenvalue weighted by Crippen LogP contribution is -2.56. The minimum absolute atomic E-state index is 0.0482. The fourth-order valence-corrected chi connectivity index (χ4v) is 4.62. The molecule has 1 aromatic rings. The smallest absolute Gasteiger partial charge is 0.329 e. The zero-order chi connectivity index (χ0) is 15.9. The Hall–Kier alpha value is -1.36. The van der Waals surface area contributed by atoms with Gasteiger partial charge in [0.1, 0.15) is 5.54 Å². The van der Waals surface area contributed by atoms with Gasteiger partial charge in [0.25, 0.3) is 0 Å². The molecule has 1 aromatic heterocycles. The maximum Gasteiger partial charge on any atom is 0.329 e. The number of nitrogens with one attached hydrogen (secondary N) is 1. The maximum atomic E-state index is 12.5. The topological polar surface area (TPSA) is 66.4 Å². The summed E-state index contributed by atoms with van der Waals surface area (Å²) in [5, 5.41) is 14.6. The van der Waals surface area contributed by atoms with Gasteiger partial charge in [-0.05, 0) is 62.0 Å². The SMILES string of the molecule is Cc1ccsc1C1CC1C(=O)NC1(C(=O)O)CCC(C)CC1. The van der Waals surface area contributed by atoms with Crippen LogP contribution in [0.15, 0.2) is 11.4 Å². The Morgan fingerprint density at radius 3 is 2.59 bits per heavy atom. The van der Waals surface area contributed by atoms with Gasteiger partial charge in [-0.3, -0.25) is 4.79 Å². The van der Waals surface area contributed by atoms with Crippen LogP contribution in [-0.2, 0) is 9.59 Å². The molecule has 2 aliphatic carbocycles. The molecule has 0 spiro atoms. The fourth-order valence-electron chi connectivity index (χ4n) is 3.51. The minimum atomic E-state index is -1.04. The first-order valence-electron chi connectivity index (χ1n) is 8.02. The van der Waals surface area contributed by atoms with Crippen molar-refractivity contribution in [2.24, 2.45) is 11.8 Å². The molecule has 2 atom stereocenters. The van der Waals surface area contributed by atoms with E-state index in [0.29, 0.717) is 18.8 Å². The molecule has 1 amide bonds. The third kappa shape index (κ3) is 2.78. The van der Waals surface area contributed by atoms with Crippen molar-refractivity contribution in [2.45, 2.75) is 57.4 Å². The Morgan fingerprint density at radius 1 is 1.36 bits per heavy atom. The lowest BCUT2D eigenvalue weighted by atomic mass is 9.77. The second-order valence-corrected chi connectivity index (χ2v) is 7.92. The third-order valence-corrected chi connectivity index (χ3v) is 6.42. The molecule has 2 N–H and O–H groups in total. The van der Waals surface area contributed by atoms with Crippen molar-refractivity contribution in [3.8, 4) is 0 Å². The van der Waals surface area contributed by atoms with Crippen LogP contribution in [0.4, 0.5) is 0 Å². The van der Waals surface area contributed by atoms with Crippen LogP contribution in [0.2, 0.25) is 0 Å². The molecule has 1 heterocycles. The molecule has 2 saturated carbocycles. The Kier molecular flexibility index (Phi) is 4.02. The van der Waals surface area contributed by atoms with Gasteiger partial charge in [-0.1, -0.05) is 6.92 Å². The van der Waals surface area contributed by atoms with Crippen molar-refractivity contribution < 1.29 is 14.7 Å². The van der Waals surface area contributed by atoms with Crippen LogP contribution < -0.4 is 5.32 Å². The second kappa shape index (κ2) is 5.69. The number of thiophene rings is 1. The molecule has 0 aromatic carbocycles. The number of aliphatic carboxylic acids is 1. The molecule has 3 rings (SSSR count).